The van der Waals surface area contributed by atoms with Gasteiger partial charge in [-0.1, -0.05) is 25.0 Å². The molecule has 166 valence electrons. The van der Waals surface area contributed by atoms with Gasteiger partial charge in [0.1, 0.15) is 0 Å². The van der Waals surface area contributed by atoms with E-state index in [9.17, 15) is 13.2 Å². The Hall–Kier alpha value is -2.22. The number of hydrogen-bond acceptors (Lipinski definition) is 4. The Morgan fingerprint density at radius 1 is 0.774 bits per heavy atom. The van der Waals surface area contributed by atoms with E-state index in [1.807, 2.05) is 24.3 Å². The van der Waals surface area contributed by atoms with Crippen LogP contribution in [0.2, 0.25) is 0 Å². The number of likely N-dealkylation sites (tertiary alicyclic amines) is 1. The summed E-state index contributed by atoms with van der Waals surface area (Å²) >= 11 is 0. The summed E-state index contributed by atoms with van der Waals surface area (Å²) in [5.74, 6) is -0.198. The fourth-order valence-corrected chi connectivity index (χ4v) is 5.82. The van der Waals surface area contributed by atoms with E-state index in [4.69, 9.17) is 0 Å². The molecule has 2 aliphatic heterocycles. The van der Waals surface area contributed by atoms with Gasteiger partial charge in [0.15, 0.2) is 0 Å². The van der Waals surface area contributed by atoms with Crippen LogP contribution in [0, 0.1) is 0 Å². The highest BCUT2D eigenvalue weighted by molar-refractivity contribution is 7.89. The van der Waals surface area contributed by atoms with Gasteiger partial charge in [0.2, 0.25) is 10.0 Å². The first kappa shape index (κ1) is 22.0. The Kier molecular flexibility index (Phi) is 7.05. The van der Waals surface area contributed by atoms with E-state index in [1.165, 1.54) is 24.8 Å². The number of piperidine rings is 2. The maximum Gasteiger partial charge on any atom is 0.255 e. The lowest BCUT2D eigenvalue weighted by Gasteiger charge is -2.26. The van der Waals surface area contributed by atoms with Crippen molar-refractivity contribution in [2.75, 3.05) is 31.5 Å². The Morgan fingerprint density at radius 3 is 1.97 bits per heavy atom. The summed E-state index contributed by atoms with van der Waals surface area (Å²) in [5.41, 5.74) is 2.39. The molecule has 6 nitrogen and oxygen atoms in total. The minimum atomic E-state index is -3.46. The van der Waals surface area contributed by atoms with Crippen LogP contribution in [-0.4, -0.2) is 49.7 Å². The van der Waals surface area contributed by atoms with Gasteiger partial charge in [-0.25, -0.2) is 8.42 Å². The Morgan fingerprint density at radius 2 is 1.35 bits per heavy atom. The second-order valence-corrected chi connectivity index (χ2v) is 10.4. The molecule has 1 amide bonds. The van der Waals surface area contributed by atoms with Gasteiger partial charge in [-0.15, -0.1) is 0 Å². The monoisotopic (exact) mass is 441 g/mol. The minimum Gasteiger partial charge on any atom is -0.322 e. The number of nitrogens with zero attached hydrogens (tertiary/aromatic N) is 2. The predicted octanol–water partition coefficient (Wildman–Crippen LogP) is 4.10. The zero-order valence-corrected chi connectivity index (χ0v) is 18.7. The van der Waals surface area contributed by atoms with E-state index < -0.39 is 10.0 Å². The molecule has 2 heterocycles. The maximum absolute atomic E-state index is 12.8. The minimum absolute atomic E-state index is 0.198. The van der Waals surface area contributed by atoms with Crippen molar-refractivity contribution in [2.24, 2.45) is 0 Å². The SMILES string of the molecule is O=C(Nc1ccc(S(=O)(=O)N2CCCCC2)cc1)c1ccc(CN2CCCCC2)cc1. The predicted molar refractivity (Wildman–Crippen MR) is 123 cm³/mol. The second kappa shape index (κ2) is 9.94. The summed E-state index contributed by atoms with van der Waals surface area (Å²) in [4.78, 5) is 15.3. The van der Waals surface area contributed by atoms with Gasteiger partial charge in [-0.2, -0.15) is 4.31 Å². The summed E-state index contributed by atoms with van der Waals surface area (Å²) in [5, 5.41) is 2.86. The van der Waals surface area contributed by atoms with Crippen molar-refractivity contribution in [3.8, 4) is 0 Å². The van der Waals surface area contributed by atoms with E-state index in [-0.39, 0.29) is 10.8 Å². The molecule has 0 unspecified atom stereocenters. The van der Waals surface area contributed by atoms with Crippen molar-refractivity contribution < 1.29 is 13.2 Å². The zero-order chi connectivity index (χ0) is 21.7. The second-order valence-electron chi connectivity index (χ2n) is 8.48. The number of rotatable bonds is 6. The first-order chi connectivity index (χ1) is 15.0. The lowest BCUT2D eigenvalue weighted by molar-refractivity contribution is 0.102. The summed E-state index contributed by atoms with van der Waals surface area (Å²) in [6, 6.07) is 14.2. The molecule has 0 radical (unpaired) electrons. The molecular weight excluding hydrogens is 410 g/mol. The zero-order valence-electron chi connectivity index (χ0n) is 17.9. The van der Waals surface area contributed by atoms with Crippen molar-refractivity contribution in [1.82, 2.24) is 9.21 Å². The molecule has 0 aliphatic carbocycles. The topological polar surface area (TPSA) is 69.7 Å². The van der Waals surface area contributed by atoms with Crippen LogP contribution in [0.25, 0.3) is 0 Å². The maximum atomic E-state index is 12.8. The largest absolute Gasteiger partial charge is 0.322 e. The Balaban J connectivity index is 1.36. The Bertz CT molecular complexity index is 976. The molecule has 7 heteroatoms. The van der Waals surface area contributed by atoms with Gasteiger partial charge < -0.3 is 5.32 Å². The molecule has 4 rings (SSSR count). The fourth-order valence-electron chi connectivity index (χ4n) is 4.31. The molecule has 2 fully saturated rings. The van der Waals surface area contributed by atoms with Crippen LogP contribution in [0.5, 0.6) is 0 Å². The Labute approximate surface area is 185 Å². The molecular formula is C24H31N3O3S. The van der Waals surface area contributed by atoms with Crippen LogP contribution >= 0.6 is 0 Å². The molecule has 0 spiro atoms. The normalized spacial score (nSPS) is 18.6. The van der Waals surface area contributed by atoms with Crippen LogP contribution < -0.4 is 5.32 Å². The van der Waals surface area contributed by atoms with Crippen molar-refractivity contribution in [3.63, 3.8) is 0 Å². The van der Waals surface area contributed by atoms with E-state index in [0.717, 1.165) is 38.9 Å². The summed E-state index contributed by atoms with van der Waals surface area (Å²) in [6.45, 7) is 4.37. The van der Waals surface area contributed by atoms with E-state index in [1.54, 1.807) is 28.6 Å². The highest BCUT2D eigenvalue weighted by atomic mass is 32.2. The van der Waals surface area contributed by atoms with Crippen molar-refractivity contribution in [1.29, 1.82) is 0 Å². The van der Waals surface area contributed by atoms with Gasteiger partial charge in [-0.05, 0) is 80.7 Å². The van der Waals surface area contributed by atoms with Crippen LogP contribution in [-0.2, 0) is 16.6 Å². The van der Waals surface area contributed by atoms with Crippen molar-refractivity contribution >= 4 is 21.6 Å². The molecule has 0 aromatic heterocycles. The van der Waals surface area contributed by atoms with E-state index in [2.05, 4.69) is 10.2 Å². The third kappa shape index (κ3) is 5.53. The average molecular weight is 442 g/mol. The third-order valence-electron chi connectivity index (χ3n) is 6.14. The first-order valence-corrected chi connectivity index (χ1v) is 12.7. The molecule has 31 heavy (non-hydrogen) atoms. The molecule has 2 aromatic rings. The number of benzene rings is 2. The molecule has 0 atom stereocenters. The first-order valence-electron chi connectivity index (χ1n) is 11.3. The van der Waals surface area contributed by atoms with Crippen LogP contribution in [0.1, 0.15) is 54.4 Å². The molecule has 0 saturated carbocycles. The summed E-state index contributed by atoms with van der Waals surface area (Å²) in [7, 11) is -3.46. The number of amides is 1. The third-order valence-corrected chi connectivity index (χ3v) is 8.05. The van der Waals surface area contributed by atoms with Crippen LogP contribution in [0.4, 0.5) is 5.69 Å². The lowest BCUT2D eigenvalue weighted by Crippen LogP contribution is -2.35. The van der Waals surface area contributed by atoms with Gasteiger partial charge in [0.25, 0.3) is 5.91 Å². The van der Waals surface area contributed by atoms with Crippen LogP contribution in [0.15, 0.2) is 53.4 Å². The number of hydrogen-bond donors (Lipinski definition) is 1. The number of carbonyl (C=O) groups is 1. The van der Waals surface area contributed by atoms with Crippen molar-refractivity contribution in [2.45, 2.75) is 50.0 Å². The highest BCUT2D eigenvalue weighted by Crippen LogP contribution is 2.22. The van der Waals surface area contributed by atoms with E-state index in [0.29, 0.717) is 24.3 Å². The van der Waals surface area contributed by atoms with E-state index >= 15 is 0 Å². The van der Waals surface area contributed by atoms with Gasteiger partial charge in [0.05, 0.1) is 4.90 Å². The van der Waals surface area contributed by atoms with Gasteiger partial charge >= 0.3 is 0 Å². The molecule has 1 N–H and O–H groups in total. The molecule has 0 bridgehead atoms. The molecule has 2 aromatic carbocycles. The highest BCUT2D eigenvalue weighted by Gasteiger charge is 2.25. The standard InChI is InChI=1S/C24H31N3O3S/c28-24(21-9-7-20(8-10-21)19-26-15-3-1-4-16-26)25-22-11-13-23(14-12-22)31(29,30)27-17-5-2-6-18-27/h7-14H,1-6,15-19H2,(H,25,28). The number of anilines is 1. The molecule has 2 saturated heterocycles. The summed E-state index contributed by atoms with van der Waals surface area (Å²) in [6.07, 6.45) is 6.74. The number of nitrogens with one attached hydrogen (secondary N) is 1. The quantitative estimate of drug-likeness (QED) is 0.733. The van der Waals surface area contributed by atoms with Crippen molar-refractivity contribution in [3.05, 3.63) is 59.7 Å². The number of sulfonamides is 1. The van der Waals surface area contributed by atoms with Gasteiger partial charge in [-0.3, -0.25) is 9.69 Å². The lowest BCUT2D eigenvalue weighted by atomic mass is 10.1. The average Bonchev–Trinajstić information content (AvgIpc) is 2.81. The van der Waals surface area contributed by atoms with Gasteiger partial charge in [0, 0.05) is 30.9 Å². The smallest absolute Gasteiger partial charge is 0.255 e. The molecule has 2 aliphatic rings. The number of carbonyl (C=O) groups excluding carboxylic acids is 1. The fraction of sp³-hybridized carbons (Fsp3) is 0.458. The van der Waals surface area contributed by atoms with Crippen LogP contribution in [0.3, 0.4) is 0 Å². The summed E-state index contributed by atoms with van der Waals surface area (Å²) < 4.78 is 27.1.